The van der Waals surface area contributed by atoms with Crippen molar-refractivity contribution in [1.82, 2.24) is 5.43 Å². The van der Waals surface area contributed by atoms with Crippen molar-refractivity contribution < 1.29 is 17.6 Å². The Balaban J connectivity index is 2.06. The van der Waals surface area contributed by atoms with E-state index in [0.29, 0.717) is 0 Å². The van der Waals surface area contributed by atoms with Crippen LogP contribution in [0.25, 0.3) is 0 Å². The fourth-order valence-corrected chi connectivity index (χ4v) is 3.62. The van der Waals surface area contributed by atoms with Crippen molar-refractivity contribution in [2.45, 2.75) is 44.9 Å². The van der Waals surface area contributed by atoms with E-state index < -0.39 is 28.3 Å². The monoisotopic (exact) mass is 369 g/mol. The summed E-state index contributed by atoms with van der Waals surface area (Å²) >= 11 is 0. The van der Waals surface area contributed by atoms with Gasteiger partial charge in [0.25, 0.3) is 5.91 Å². The third-order valence-electron chi connectivity index (χ3n) is 4.08. The summed E-state index contributed by atoms with van der Waals surface area (Å²) < 4.78 is 38.6. The second-order valence-electron chi connectivity index (χ2n) is 6.20. The van der Waals surface area contributed by atoms with E-state index in [0.717, 1.165) is 60.9 Å². The quantitative estimate of drug-likeness (QED) is 0.811. The molecule has 0 radical (unpaired) electrons. The first-order valence-corrected chi connectivity index (χ1v) is 10.3. The molecule has 25 heavy (non-hydrogen) atoms. The third-order valence-corrected chi connectivity index (χ3v) is 5.20. The van der Waals surface area contributed by atoms with Gasteiger partial charge in [0.15, 0.2) is 0 Å². The van der Waals surface area contributed by atoms with Gasteiger partial charge in [-0.15, -0.1) is 0 Å². The van der Waals surface area contributed by atoms with E-state index in [2.05, 4.69) is 10.5 Å². The van der Waals surface area contributed by atoms with Crippen LogP contribution in [0.2, 0.25) is 0 Å². The number of amides is 1. The molecule has 1 N–H and O–H groups in total. The zero-order chi connectivity index (χ0) is 18.3. The van der Waals surface area contributed by atoms with Gasteiger partial charge in [0.2, 0.25) is 10.0 Å². The van der Waals surface area contributed by atoms with Gasteiger partial charge in [0.1, 0.15) is 12.4 Å². The van der Waals surface area contributed by atoms with Gasteiger partial charge in [-0.1, -0.05) is 31.4 Å². The van der Waals surface area contributed by atoms with E-state index in [-0.39, 0.29) is 5.69 Å². The van der Waals surface area contributed by atoms with E-state index in [4.69, 9.17) is 0 Å². The van der Waals surface area contributed by atoms with Gasteiger partial charge < -0.3 is 0 Å². The van der Waals surface area contributed by atoms with Gasteiger partial charge in [-0.2, -0.15) is 5.10 Å². The van der Waals surface area contributed by atoms with Gasteiger partial charge in [-0.25, -0.2) is 18.2 Å². The molecule has 1 aliphatic rings. The fraction of sp³-hybridized carbons (Fsp3) is 0.529. The van der Waals surface area contributed by atoms with Crippen molar-refractivity contribution >= 4 is 27.3 Å². The van der Waals surface area contributed by atoms with E-state index in [1.165, 1.54) is 24.6 Å². The van der Waals surface area contributed by atoms with Crippen molar-refractivity contribution in [2.24, 2.45) is 5.10 Å². The topological polar surface area (TPSA) is 78.8 Å². The summed E-state index contributed by atoms with van der Waals surface area (Å²) in [6.45, 7) is -0.517. The van der Waals surface area contributed by atoms with E-state index in [1.54, 1.807) is 0 Å². The van der Waals surface area contributed by atoms with Crippen LogP contribution in [-0.4, -0.2) is 32.8 Å². The number of carbonyl (C=O) groups is 1. The minimum atomic E-state index is -3.81. The van der Waals surface area contributed by atoms with Crippen LogP contribution in [0, 0.1) is 5.82 Å². The fourth-order valence-electron chi connectivity index (χ4n) is 2.77. The van der Waals surface area contributed by atoms with Crippen LogP contribution < -0.4 is 9.73 Å². The molecule has 1 aromatic carbocycles. The van der Waals surface area contributed by atoms with Crippen molar-refractivity contribution in [3.05, 3.63) is 30.1 Å². The van der Waals surface area contributed by atoms with Crippen LogP contribution in [0.1, 0.15) is 44.9 Å². The average Bonchev–Trinajstić information content (AvgIpc) is 2.51. The van der Waals surface area contributed by atoms with Gasteiger partial charge in [-0.3, -0.25) is 9.10 Å². The number of hydrogen-bond acceptors (Lipinski definition) is 4. The van der Waals surface area contributed by atoms with E-state index in [1.807, 2.05) is 0 Å². The number of nitrogens with one attached hydrogen (secondary N) is 1. The number of anilines is 1. The van der Waals surface area contributed by atoms with Crippen molar-refractivity contribution in [3.63, 3.8) is 0 Å². The summed E-state index contributed by atoms with van der Waals surface area (Å²) in [6, 6.07) is 5.45. The van der Waals surface area contributed by atoms with Crippen LogP contribution in [0.5, 0.6) is 0 Å². The van der Waals surface area contributed by atoms with E-state index >= 15 is 0 Å². The number of nitrogens with zero attached hydrogens (tertiary/aromatic N) is 2. The van der Waals surface area contributed by atoms with Crippen LogP contribution in [0.3, 0.4) is 0 Å². The smallest absolute Gasteiger partial charge is 0.260 e. The van der Waals surface area contributed by atoms with Crippen LogP contribution in [0.4, 0.5) is 10.1 Å². The normalized spacial score (nSPS) is 15.8. The molecule has 1 aliphatic carbocycles. The number of sulfonamides is 1. The zero-order valence-electron chi connectivity index (χ0n) is 14.4. The third kappa shape index (κ3) is 6.12. The summed E-state index contributed by atoms with van der Waals surface area (Å²) in [4.78, 5) is 12.1. The highest BCUT2D eigenvalue weighted by atomic mass is 32.2. The first kappa shape index (κ1) is 19.4. The number of benzene rings is 1. The van der Waals surface area contributed by atoms with Crippen molar-refractivity contribution in [1.29, 1.82) is 0 Å². The average molecular weight is 369 g/mol. The van der Waals surface area contributed by atoms with Crippen LogP contribution in [-0.2, 0) is 14.8 Å². The highest BCUT2D eigenvalue weighted by Gasteiger charge is 2.23. The molecule has 0 aromatic heterocycles. The minimum Gasteiger partial charge on any atom is -0.271 e. The first-order chi connectivity index (χ1) is 11.9. The molecule has 0 spiro atoms. The standard InChI is InChI=1S/C17H24FN3O3S/c1-25(23,24)21(16-12-8-7-11-15(16)18)13-17(22)20-19-14-9-5-3-2-4-6-10-14/h7-8,11-12H,2-6,9-10,13H2,1H3,(H,20,22). The van der Waals surface area contributed by atoms with Gasteiger partial charge in [0.05, 0.1) is 11.9 Å². The summed E-state index contributed by atoms with van der Waals surface area (Å²) in [5.74, 6) is -1.30. The van der Waals surface area contributed by atoms with Crippen molar-refractivity contribution in [2.75, 3.05) is 17.1 Å². The molecule has 0 atom stereocenters. The molecule has 0 unspecified atom stereocenters. The molecule has 2 rings (SSSR count). The summed E-state index contributed by atoms with van der Waals surface area (Å²) in [7, 11) is -3.81. The molecule has 1 aromatic rings. The molecule has 8 heteroatoms. The Morgan fingerprint density at radius 2 is 1.76 bits per heavy atom. The van der Waals surface area contributed by atoms with Gasteiger partial charge in [-0.05, 0) is 37.8 Å². The number of hydrogen-bond donors (Lipinski definition) is 1. The number of para-hydroxylation sites is 1. The second-order valence-corrected chi connectivity index (χ2v) is 8.11. The number of hydrazone groups is 1. The molecule has 138 valence electrons. The number of rotatable bonds is 5. The predicted octanol–water partition coefficient (Wildman–Crippen LogP) is 2.81. The molecule has 1 saturated carbocycles. The Kier molecular flexibility index (Phi) is 6.92. The van der Waals surface area contributed by atoms with Crippen molar-refractivity contribution in [3.8, 4) is 0 Å². The maximum Gasteiger partial charge on any atom is 0.260 e. The molecule has 0 bridgehead atoms. The van der Waals surface area contributed by atoms with Gasteiger partial charge in [0, 0.05) is 5.71 Å². The SMILES string of the molecule is CS(=O)(=O)N(CC(=O)NN=C1CCCCCCC1)c1ccccc1F. The largest absolute Gasteiger partial charge is 0.271 e. The highest BCUT2D eigenvalue weighted by molar-refractivity contribution is 7.92. The molecule has 6 nitrogen and oxygen atoms in total. The second kappa shape index (κ2) is 8.94. The maximum absolute atomic E-state index is 13.9. The van der Waals surface area contributed by atoms with Crippen LogP contribution >= 0.6 is 0 Å². The lowest BCUT2D eigenvalue weighted by atomic mass is 9.99. The first-order valence-electron chi connectivity index (χ1n) is 8.44. The zero-order valence-corrected chi connectivity index (χ0v) is 15.2. The molecular formula is C17H24FN3O3S. The lowest BCUT2D eigenvalue weighted by Gasteiger charge is -2.21. The Morgan fingerprint density at radius 1 is 1.16 bits per heavy atom. The molecule has 1 amide bonds. The van der Waals surface area contributed by atoms with E-state index in [9.17, 15) is 17.6 Å². The maximum atomic E-state index is 13.9. The molecule has 0 aliphatic heterocycles. The predicted molar refractivity (Wildman–Crippen MR) is 96.5 cm³/mol. The number of halogens is 1. The number of carbonyl (C=O) groups excluding carboxylic acids is 1. The Bertz CT molecular complexity index is 724. The molecule has 0 saturated heterocycles. The summed E-state index contributed by atoms with van der Waals surface area (Å²) in [5.41, 5.74) is 3.18. The Morgan fingerprint density at radius 3 is 2.36 bits per heavy atom. The Labute approximate surface area is 148 Å². The lowest BCUT2D eigenvalue weighted by Crippen LogP contribution is -2.39. The molecular weight excluding hydrogens is 345 g/mol. The minimum absolute atomic E-state index is 0.154. The molecule has 1 fully saturated rings. The molecule has 0 heterocycles. The summed E-state index contributed by atoms with van der Waals surface area (Å²) in [5, 5.41) is 4.14. The van der Waals surface area contributed by atoms with Crippen LogP contribution in [0.15, 0.2) is 29.4 Å². The lowest BCUT2D eigenvalue weighted by molar-refractivity contribution is -0.119. The summed E-state index contributed by atoms with van der Waals surface area (Å²) in [6.07, 6.45) is 8.23. The highest BCUT2D eigenvalue weighted by Crippen LogP contribution is 2.21. The Hall–Kier alpha value is -1.96. The van der Waals surface area contributed by atoms with Gasteiger partial charge >= 0.3 is 0 Å².